The summed E-state index contributed by atoms with van der Waals surface area (Å²) in [5.41, 5.74) is 6.29. The highest BCUT2D eigenvalue weighted by Gasteiger charge is 2.20. The highest BCUT2D eigenvalue weighted by molar-refractivity contribution is 5.89. The third-order valence-corrected chi connectivity index (χ3v) is 3.25. The maximum absolute atomic E-state index is 11.5. The molecule has 1 fully saturated rings. The van der Waals surface area contributed by atoms with Crippen LogP contribution in [0.1, 0.15) is 43.0 Å². The number of ether oxygens (including phenoxy) is 2. The van der Waals surface area contributed by atoms with Crippen molar-refractivity contribution in [1.82, 2.24) is 4.98 Å². The van der Waals surface area contributed by atoms with Gasteiger partial charge in [-0.1, -0.05) is 0 Å². The molecule has 1 saturated carbocycles. The topological polar surface area (TPSA) is 74.4 Å². The third-order valence-electron chi connectivity index (χ3n) is 3.25. The van der Waals surface area contributed by atoms with Crippen molar-refractivity contribution in [1.29, 1.82) is 0 Å². The van der Waals surface area contributed by atoms with E-state index in [0.717, 1.165) is 25.7 Å². The molecule has 2 N–H and O–H groups in total. The van der Waals surface area contributed by atoms with Crippen LogP contribution in [0.3, 0.4) is 0 Å². The first-order chi connectivity index (χ1) is 9.19. The Morgan fingerprint density at radius 3 is 2.68 bits per heavy atom. The molecule has 0 spiro atoms. The Hall–Kier alpha value is -1.62. The van der Waals surface area contributed by atoms with Gasteiger partial charge in [0.1, 0.15) is 6.10 Å². The lowest BCUT2D eigenvalue weighted by Crippen LogP contribution is -2.31. The standard InChI is InChI=1S/C14H20N2O3/c1-2-18-14(17)10-3-8-13(16-9-10)19-12-6-4-11(15)5-7-12/h3,8-9,11-12H,2,4-7,15H2,1H3. The molecule has 0 unspecified atom stereocenters. The molecule has 0 aliphatic heterocycles. The van der Waals surface area contributed by atoms with Crippen LogP contribution in [0.25, 0.3) is 0 Å². The minimum absolute atomic E-state index is 0.181. The maximum atomic E-state index is 11.5. The molecule has 19 heavy (non-hydrogen) atoms. The van der Waals surface area contributed by atoms with E-state index in [9.17, 15) is 4.79 Å². The van der Waals surface area contributed by atoms with Crippen molar-refractivity contribution in [3.63, 3.8) is 0 Å². The van der Waals surface area contributed by atoms with Gasteiger partial charge in [-0.3, -0.25) is 0 Å². The average Bonchev–Trinajstić information content (AvgIpc) is 2.42. The van der Waals surface area contributed by atoms with Crippen LogP contribution >= 0.6 is 0 Å². The van der Waals surface area contributed by atoms with E-state index in [1.807, 2.05) is 0 Å². The molecular formula is C14H20N2O3. The van der Waals surface area contributed by atoms with E-state index >= 15 is 0 Å². The maximum Gasteiger partial charge on any atom is 0.339 e. The van der Waals surface area contributed by atoms with E-state index in [1.54, 1.807) is 19.1 Å². The van der Waals surface area contributed by atoms with Gasteiger partial charge in [-0.05, 0) is 38.7 Å². The van der Waals surface area contributed by atoms with E-state index in [0.29, 0.717) is 24.1 Å². The Labute approximate surface area is 113 Å². The molecule has 1 heterocycles. The number of pyridine rings is 1. The van der Waals surface area contributed by atoms with Gasteiger partial charge in [0.2, 0.25) is 5.88 Å². The number of nitrogens with two attached hydrogens (primary N) is 1. The Bertz CT molecular complexity index is 411. The second-order valence-electron chi connectivity index (χ2n) is 4.76. The predicted octanol–water partition coefficient (Wildman–Crippen LogP) is 1.91. The Morgan fingerprint density at radius 1 is 1.37 bits per heavy atom. The summed E-state index contributed by atoms with van der Waals surface area (Å²) in [6.07, 6.45) is 5.57. The van der Waals surface area contributed by atoms with Gasteiger partial charge < -0.3 is 15.2 Å². The van der Waals surface area contributed by atoms with E-state index < -0.39 is 0 Å². The first kappa shape index (κ1) is 13.8. The van der Waals surface area contributed by atoms with Crippen molar-refractivity contribution in [3.05, 3.63) is 23.9 Å². The van der Waals surface area contributed by atoms with Crippen LogP contribution in [-0.2, 0) is 4.74 Å². The Kier molecular flexibility index (Phi) is 4.74. The molecule has 0 aromatic carbocycles. The fourth-order valence-electron chi connectivity index (χ4n) is 2.16. The number of aromatic nitrogens is 1. The SMILES string of the molecule is CCOC(=O)c1ccc(OC2CCC(N)CC2)nc1. The van der Waals surface area contributed by atoms with Crippen LogP contribution in [0.2, 0.25) is 0 Å². The smallest absolute Gasteiger partial charge is 0.339 e. The number of carbonyl (C=O) groups excluding carboxylic acids is 1. The fourth-order valence-corrected chi connectivity index (χ4v) is 2.16. The number of hydrogen-bond acceptors (Lipinski definition) is 5. The molecule has 1 aliphatic carbocycles. The van der Waals surface area contributed by atoms with Gasteiger partial charge >= 0.3 is 5.97 Å². The van der Waals surface area contributed by atoms with E-state index in [2.05, 4.69) is 4.98 Å². The van der Waals surface area contributed by atoms with Gasteiger partial charge in [0.05, 0.1) is 12.2 Å². The van der Waals surface area contributed by atoms with Gasteiger partial charge in [0.25, 0.3) is 0 Å². The zero-order valence-electron chi connectivity index (χ0n) is 11.2. The molecule has 104 valence electrons. The van der Waals surface area contributed by atoms with Gasteiger partial charge in [-0.25, -0.2) is 9.78 Å². The summed E-state index contributed by atoms with van der Waals surface area (Å²) in [6.45, 7) is 2.13. The lowest BCUT2D eigenvalue weighted by Gasteiger charge is -2.26. The van der Waals surface area contributed by atoms with Crippen molar-refractivity contribution in [3.8, 4) is 5.88 Å². The highest BCUT2D eigenvalue weighted by Crippen LogP contribution is 2.21. The molecule has 0 bridgehead atoms. The molecule has 0 atom stereocenters. The summed E-state index contributed by atoms with van der Waals surface area (Å²) in [5.74, 6) is 0.193. The molecule has 2 rings (SSSR count). The predicted molar refractivity (Wildman–Crippen MR) is 71.1 cm³/mol. The largest absolute Gasteiger partial charge is 0.474 e. The van der Waals surface area contributed by atoms with Crippen molar-refractivity contribution < 1.29 is 14.3 Å². The molecule has 5 nitrogen and oxygen atoms in total. The highest BCUT2D eigenvalue weighted by atomic mass is 16.5. The van der Waals surface area contributed by atoms with Crippen LogP contribution in [-0.4, -0.2) is 29.7 Å². The zero-order valence-corrected chi connectivity index (χ0v) is 11.2. The summed E-state index contributed by atoms with van der Waals surface area (Å²) in [6, 6.07) is 3.69. The van der Waals surface area contributed by atoms with Crippen LogP contribution in [0.4, 0.5) is 0 Å². The number of esters is 1. The quantitative estimate of drug-likeness (QED) is 0.841. The Balaban J connectivity index is 1.90. The average molecular weight is 264 g/mol. The second-order valence-corrected chi connectivity index (χ2v) is 4.76. The first-order valence-electron chi connectivity index (χ1n) is 6.74. The third kappa shape index (κ3) is 3.92. The zero-order chi connectivity index (χ0) is 13.7. The molecule has 1 aromatic heterocycles. The van der Waals surface area contributed by atoms with E-state index in [1.165, 1.54) is 6.20 Å². The number of carbonyl (C=O) groups is 1. The van der Waals surface area contributed by atoms with Gasteiger partial charge in [0, 0.05) is 18.3 Å². The van der Waals surface area contributed by atoms with E-state index in [-0.39, 0.29) is 12.1 Å². The van der Waals surface area contributed by atoms with Crippen LogP contribution < -0.4 is 10.5 Å². The number of nitrogens with zero attached hydrogens (tertiary/aromatic N) is 1. The lowest BCUT2D eigenvalue weighted by molar-refractivity contribution is 0.0525. The van der Waals surface area contributed by atoms with Crippen molar-refractivity contribution >= 4 is 5.97 Å². The van der Waals surface area contributed by atoms with Gasteiger partial charge in [-0.15, -0.1) is 0 Å². The first-order valence-corrected chi connectivity index (χ1v) is 6.74. The minimum Gasteiger partial charge on any atom is -0.474 e. The summed E-state index contributed by atoms with van der Waals surface area (Å²) in [7, 11) is 0. The van der Waals surface area contributed by atoms with E-state index in [4.69, 9.17) is 15.2 Å². The molecule has 5 heteroatoms. The van der Waals surface area contributed by atoms with Crippen molar-refractivity contribution in [2.45, 2.75) is 44.8 Å². The van der Waals surface area contributed by atoms with Crippen LogP contribution in [0, 0.1) is 0 Å². The summed E-state index contributed by atoms with van der Waals surface area (Å²) >= 11 is 0. The fraction of sp³-hybridized carbons (Fsp3) is 0.571. The molecule has 1 aliphatic rings. The minimum atomic E-state index is -0.356. The lowest BCUT2D eigenvalue weighted by atomic mass is 9.94. The molecule has 0 saturated heterocycles. The Morgan fingerprint density at radius 2 is 2.11 bits per heavy atom. The van der Waals surface area contributed by atoms with Crippen LogP contribution in [0.15, 0.2) is 18.3 Å². The summed E-state index contributed by atoms with van der Waals surface area (Å²) in [5, 5.41) is 0. The number of rotatable bonds is 4. The second kappa shape index (κ2) is 6.52. The van der Waals surface area contributed by atoms with Crippen molar-refractivity contribution in [2.75, 3.05) is 6.61 Å². The van der Waals surface area contributed by atoms with Gasteiger partial charge in [0.15, 0.2) is 0 Å². The summed E-state index contributed by atoms with van der Waals surface area (Å²) < 4.78 is 10.7. The summed E-state index contributed by atoms with van der Waals surface area (Å²) in [4.78, 5) is 15.6. The van der Waals surface area contributed by atoms with Gasteiger partial charge in [-0.2, -0.15) is 0 Å². The molecule has 0 radical (unpaired) electrons. The molecule has 0 amide bonds. The molecule has 1 aromatic rings. The number of hydrogen-bond donors (Lipinski definition) is 1. The normalized spacial score (nSPS) is 22.8. The molecular weight excluding hydrogens is 244 g/mol. The van der Waals surface area contributed by atoms with Crippen molar-refractivity contribution in [2.24, 2.45) is 5.73 Å². The van der Waals surface area contributed by atoms with Crippen LogP contribution in [0.5, 0.6) is 5.88 Å². The monoisotopic (exact) mass is 264 g/mol.